The molecule has 0 saturated heterocycles. The van der Waals surface area contributed by atoms with Gasteiger partial charge in [-0.05, 0) is 36.4 Å². The van der Waals surface area contributed by atoms with Crippen molar-refractivity contribution in [3.8, 4) is 0 Å². The van der Waals surface area contributed by atoms with Crippen molar-refractivity contribution in [3.63, 3.8) is 0 Å². The predicted molar refractivity (Wildman–Crippen MR) is 112 cm³/mol. The second-order valence-corrected chi connectivity index (χ2v) is 7.11. The maximum atomic E-state index is 12.8. The highest BCUT2D eigenvalue weighted by molar-refractivity contribution is 6.07. The predicted octanol–water partition coefficient (Wildman–Crippen LogP) is 3.47. The Kier molecular flexibility index (Phi) is 4.39. The van der Waals surface area contributed by atoms with Gasteiger partial charge in [0.15, 0.2) is 0 Å². The molecule has 0 unspecified atom stereocenters. The van der Waals surface area contributed by atoms with Gasteiger partial charge in [0.1, 0.15) is 12.2 Å². The first kappa shape index (κ1) is 17.9. The van der Waals surface area contributed by atoms with Crippen molar-refractivity contribution in [2.45, 2.75) is 6.54 Å². The summed E-state index contributed by atoms with van der Waals surface area (Å²) in [5.41, 5.74) is 3.30. The molecule has 6 heteroatoms. The molecule has 142 valence electrons. The maximum absolute atomic E-state index is 12.8. The van der Waals surface area contributed by atoms with Gasteiger partial charge in [-0.3, -0.25) is 9.59 Å². The zero-order valence-corrected chi connectivity index (χ0v) is 16.1. The summed E-state index contributed by atoms with van der Waals surface area (Å²) in [6, 6.07) is 17.5. The van der Waals surface area contributed by atoms with Gasteiger partial charge in [0.25, 0.3) is 5.91 Å². The van der Waals surface area contributed by atoms with Crippen LogP contribution in [0, 0.1) is 0 Å². The highest BCUT2D eigenvalue weighted by Gasteiger charge is 2.14. The second kappa shape index (κ2) is 6.88. The molecule has 1 N–H and O–H groups in total. The summed E-state index contributed by atoms with van der Waals surface area (Å²) in [4.78, 5) is 26.3. The Morgan fingerprint density at radius 3 is 2.46 bits per heavy atom. The van der Waals surface area contributed by atoms with Crippen LogP contribution in [-0.4, -0.2) is 39.9 Å². The number of hydrogen-bond acceptors (Lipinski definition) is 2. The highest BCUT2D eigenvalue weighted by Crippen LogP contribution is 2.23. The molecule has 0 radical (unpaired) electrons. The molecule has 0 atom stereocenters. The molecule has 2 heterocycles. The molecule has 0 saturated carbocycles. The molecule has 0 aliphatic rings. The second-order valence-electron chi connectivity index (χ2n) is 7.11. The summed E-state index contributed by atoms with van der Waals surface area (Å²) >= 11 is 0. The number of nitrogens with zero attached hydrogens (tertiary/aromatic N) is 3. The lowest BCUT2D eigenvalue weighted by atomic mass is 10.2. The van der Waals surface area contributed by atoms with E-state index < -0.39 is 0 Å². The number of para-hydroxylation sites is 1. The lowest BCUT2D eigenvalue weighted by Crippen LogP contribution is -2.25. The smallest absolute Gasteiger partial charge is 0.272 e. The Balaban J connectivity index is 1.58. The van der Waals surface area contributed by atoms with Gasteiger partial charge in [0.2, 0.25) is 5.91 Å². The number of rotatable bonds is 4. The molecule has 2 aromatic carbocycles. The third kappa shape index (κ3) is 3.13. The number of aromatic nitrogens is 2. The van der Waals surface area contributed by atoms with Crippen LogP contribution in [0.15, 0.2) is 60.8 Å². The largest absolute Gasteiger partial charge is 0.347 e. The third-order valence-electron chi connectivity index (χ3n) is 5.02. The highest BCUT2D eigenvalue weighted by atomic mass is 16.2. The minimum absolute atomic E-state index is 0.0330. The van der Waals surface area contributed by atoms with Gasteiger partial charge < -0.3 is 19.4 Å². The SMILES string of the molecule is CN(C)C(=O)Cn1ccc2cc(NC(=O)c3cc4ccccc4n3C)ccc21. The average molecular weight is 374 g/mol. The third-order valence-corrected chi connectivity index (χ3v) is 5.02. The number of amides is 2. The molecule has 4 aromatic rings. The molecule has 28 heavy (non-hydrogen) atoms. The Morgan fingerprint density at radius 1 is 0.964 bits per heavy atom. The molecule has 2 amide bonds. The van der Waals surface area contributed by atoms with Gasteiger partial charge in [-0.25, -0.2) is 0 Å². The molecule has 0 bridgehead atoms. The van der Waals surface area contributed by atoms with Crippen LogP contribution in [0.1, 0.15) is 10.5 Å². The standard InChI is InChI=1S/C22H22N4O2/c1-24(2)21(27)14-26-11-10-16-12-17(8-9-19(16)26)23-22(28)20-13-15-6-4-5-7-18(15)25(20)3/h4-13H,14H2,1-3H3,(H,23,28). The number of benzene rings is 2. The van der Waals surface area contributed by atoms with Crippen LogP contribution in [0.4, 0.5) is 5.69 Å². The van der Waals surface area contributed by atoms with E-state index in [-0.39, 0.29) is 18.4 Å². The minimum atomic E-state index is -0.153. The molecule has 4 rings (SSSR count). The average Bonchev–Trinajstić information content (AvgIpc) is 3.23. The monoisotopic (exact) mass is 374 g/mol. The van der Waals surface area contributed by atoms with Gasteiger partial charge in [-0.15, -0.1) is 0 Å². The van der Waals surface area contributed by atoms with E-state index in [9.17, 15) is 9.59 Å². The molecule has 6 nitrogen and oxygen atoms in total. The van der Waals surface area contributed by atoms with Crippen molar-refractivity contribution >= 4 is 39.3 Å². The number of carbonyl (C=O) groups excluding carboxylic acids is 2. The van der Waals surface area contributed by atoms with Crippen molar-refractivity contribution in [2.75, 3.05) is 19.4 Å². The van der Waals surface area contributed by atoms with Crippen LogP contribution in [-0.2, 0) is 18.4 Å². The van der Waals surface area contributed by atoms with Crippen LogP contribution in [0.25, 0.3) is 21.8 Å². The summed E-state index contributed by atoms with van der Waals surface area (Å²) in [6.45, 7) is 0.290. The number of hydrogen-bond donors (Lipinski definition) is 1. The first-order valence-electron chi connectivity index (χ1n) is 9.09. The lowest BCUT2D eigenvalue weighted by Gasteiger charge is -2.12. The van der Waals surface area contributed by atoms with Crippen LogP contribution < -0.4 is 5.32 Å². The van der Waals surface area contributed by atoms with Crippen molar-refractivity contribution in [1.82, 2.24) is 14.0 Å². The number of fused-ring (bicyclic) bond motifs is 2. The van der Waals surface area contributed by atoms with Crippen LogP contribution in [0.2, 0.25) is 0 Å². The molecular formula is C22H22N4O2. The first-order chi connectivity index (χ1) is 13.4. The van der Waals surface area contributed by atoms with Gasteiger partial charge in [0.05, 0.1) is 0 Å². The summed E-state index contributed by atoms with van der Waals surface area (Å²) in [6.07, 6.45) is 1.89. The number of aryl methyl sites for hydroxylation is 1. The van der Waals surface area contributed by atoms with E-state index in [2.05, 4.69) is 5.32 Å². The zero-order chi connectivity index (χ0) is 19.8. The van der Waals surface area contributed by atoms with Gasteiger partial charge in [-0.2, -0.15) is 0 Å². The summed E-state index contributed by atoms with van der Waals surface area (Å²) in [5, 5.41) is 4.99. The number of likely N-dealkylation sites (N-methyl/N-ethyl adjacent to an activating group) is 1. The maximum Gasteiger partial charge on any atom is 0.272 e. The van der Waals surface area contributed by atoms with Gasteiger partial charge in [0, 0.05) is 54.8 Å². The summed E-state index contributed by atoms with van der Waals surface area (Å²) in [7, 11) is 5.38. The van der Waals surface area contributed by atoms with Crippen LogP contribution >= 0.6 is 0 Å². The lowest BCUT2D eigenvalue weighted by molar-refractivity contribution is -0.129. The molecular weight excluding hydrogens is 352 g/mol. The van der Waals surface area contributed by atoms with E-state index in [4.69, 9.17) is 0 Å². The van der Waals surface area contributed by atoms with E-state index in [1.807, 2.05) is 77.0 Å². The first-order valence-corrected chi connectivity index (χ1v) is 9.09. The van der Waals surface area contributed by atoms with Crippen LogP contribution in [0.3, 0.4) is 0 Å². The van der Waals surface area contributed by atoms with Crippen molar-refractivity contribution in [1.29, 1.82) is 0 Å². The summed E-state index contributed by atoms with van der Waals surface area (Å²) < 4.78 is 3.81. The molecule has 0 aliphatic carbocycles. The van der Waals surface area contributed by atoms with E-state index in [0.717, 1.165) is 27.5 Å². The number of anilines is 1. The Morgan fingerprint density at radius 2 is 1.71 bits per heavy atom. The van der Waals surface area contributed by atoms with Crippen molar-refractivity contribution < 1.29 is 9.59 Å². The fourth-order valence-corrected chi connectivity index (χ4v) is 3.40. The van der Waals surface area contributed by atoms with E-state index in [1.165, 1.54) is 0 Å². The van der Waals surface area contributed by atoms with Crippen molar-refractivity contribution in [3.05, 3.63) is 66.5 Å². The molecule has 2 aromatic heterocycles. The minimum Gasteiger partial charge on any atom is -0.347 e. The molecule has 0 spiro atoms. The zero-order valence-electron chi connectivity index (χ0n) is 16.1. The number of nitrogens with one attached hydrogen (secondary N) is 1. The van der Waals surface area contributed by atoms with Crippen LogP contribution in [0.5, 0.6) is 0 Å². The topological polar surface area (TPSA) is 59.3 Å². The summed E-state index contributed by atoms with van der Waals surface area (Å²) in [5.74, 6) is -0.120. The Hall–Kier alpha value is -3.54. The molecule has 0 fully saturated rings. The number of carbonyl (C=O) groups is 2. The van der Waals surface area contributed by atoms with E-state index in [0.29, 0.717) is 5.69 Å². The van der Waals surface area contributed by atoms with Crippen molar-refractivity contribution in [2.24, 2.45) is 7.05 Å². The normalized spacial score (nSPS) is 11.1. The fraction of sp³-hybridized carbons (Fsp3) is 0.182. The Bertz CT molecular complexity index is 1200. The Labute approximate surface area is 163 Å². The van der Waals surface area contributed by atoms with E-state index >= 15 is 0 Å². The quantitative estimate of drug-likeness (QED) is 0.595. The van der Waals surface area contributed by atoms with Gasteiger partial charge in [-0.1, -0.05) is 18.2 Å². The molecule has 0 aliphatic heterocycles. The van der Waals surface area contributed by atoms with Gasteiger partial charge >= 0.3 is 0 Å². The fourth-order valence-electron chi connectivity index (χ4n) is 3.40. The van der Waals surface area contributed by atoms with E-state index in [1.54, 1.807) is 19.0 Å².